The van der Waals surface area contributed by atoms with Crippen LogP contribution in [-0.4, -0.2) is 31.7 Å². The highest BCUT2D eigenvalue weighted by atomic mass is 31.1. The lowest BCUT2D eigenvalue weighted by atomic mass is 9.98. The fourth-order valence-corrected chi connectivity index (χ4v) is 2.72. The first-order valence-corrected chi connectivity index (χ1v) is 9.52. The molecule has 0 fully saturated rings. The molecular weight excluding hydrogens is 291 g/mol. The van der Waals surface area contributed by atoms with Gasteiger partial charge < -0.3 is 10.6 Å². The third-order valence-electron chi connectivity index (χ3n) is 3.44. The smallest absolute Gasteiger partial charge is 0.220 e. The first-order chi connectivity index (χ1) is 10.8. The number of carbonyl (C=O) groups is 1. The first kappa shape index (κ1) is 18.7. The van der Waals surface area contributed by atoms with Crippen molar-refractivity contribution in [3.63, 3.8) is 0 Å². The molecule has 2 unspecified atom stereocenters. The molecule has 2 aliphatic rings. The van der Waals surface area contributed by atoms with Crippen LogP contribution in [0.25, 0.3) is 0 Å². The highest BCUT2D eigenvalue weighted by molar-refractivity contribution is 7.43. The summed E-state index contributed by atoms with van der Waals surface area (Å²) in [4.78, 5) is 11.6. The Hall–Kier alpha value is -1.36. The summed E-state index contributed by atoms with van der Waals surface area (Å²) in [5.74, 6) is 3.03. The van der Waals surface area contributed by atoms with Gasteiger partial charge in [0.05, 0.1) is 12.6 Å². The van der Waals surface area contributed by atoms with Crippen LogP contribution in [-0.2, 0) is 4.79 Å². The van der Waals surface area contributed by atoms with Crippen LogP contribution in [0.2, 0.25) is 0 Å². The number of rotatable bonds is 5. The summed E-state index contributed by atoms with van der Waals surface area (Å²) >= 11 is 0. The lowest BCUT2D eigenvalue weighted by Gasteiger charge is -2.10. The molecule has 0 saturated carbocycles. The van der Waals surface area contributed by atoms with E-state index < -0.39 is 0 Å². The maximum Gasteiger partial charge on any atom is 0.220 e. The van der Waals surface area contributed by atoms with Crippen molar-refractivity contribution in [2.24, 2.45) is 0 Å². The molecule has 0 aromatic carbocycles. The second-order valence-electron chi connectivity index (χ2n) is 4.84. The molecule has 2 rings (SSSR count). The van der Waals surface area contributed by atoms with E-state index in [2.05, 4.69) is 46.5 Å². The van der Waals surface area contributed by atoms with Gasteiger partial charge in [0.1, 0.15) is 0 Å². The molecule has 0 radical (unpaired) electrons. The van der Waals surface area contributed by atoms with E-state index in [1.165, 1.54) is 11.1 Å². The fraction of sp³-hybridized carbons (Fsp3) is 0.500. The maximum absolute atomic E-state index is 11.6. The largest absolute Gasteiger partial charge is 0.345 e. The molecule has 0 spiro atoms. The number of hydrogen-bond acceptors (Lipinski definition) is 2. The SMILES string of the molecule is CC.CPC#CCNC(=O)CCCC1=C2C=CC=CC2NC1. The standard InChI is InChI=1S/C16H21N2OP.C2H6/c1-20-11-5-10-17-16(19)9-4-6-13-12-18-15-8-3-2-7-14(13)15;1-2/h2-3,7-8,15,18,20H,4,6,9-10,12H2,1H3,(H,17,19);1-2H3. The van der Waals surface area contributed by atoms with Gasteiger partial charge in [-0.3, -0.25) is 4.79 Å². The highest BCUT2D eigenvalue weighted by Gasteiger charge is 2.21. The topological polar surface area (TPSA) is 41.1 Å². The van der Waals surface area contributed by atoms with Crippen molar-refractivity contribution in [3.8, 4) is 11.6 Å². The highest BCUT2D eigenvalue weighted by Crippen LogP contribution is 2.25. The minimum absolute atomic E-state index is 0.103. The van der Waals surface area contributed by atoms with Gasteiger partial charge in [-0.25, -0.2) is 0 Å². The fourth-order valence-electron chi connectivity index (χ4n) is 2.45. The Kier molecular flexibility index (Phi) is 9.55. The summed E-state index contributed by atoms with van der Waals surface area (Å²) in [6.45, 7) is 7.45. The van der Waals surface area contributed by atoms with Gasteiger partial charge in [0.25, 0.3) is 0 Å². The third-order valence-corrected chi connectivity index (χ3v) is 3.87. The van der Waals surface area contributed by atoms with Crippen molar-refractivity contribution in [1.82, 2.24) is 10.6 Å². The normalized spacial score (nSPS) is 18.6. The number of amides is 1. The van der Waals surface area contributed by atoms with Gasteiger partial charge in [-0.15, -0.1) is 0 Å². The van der Waals surface area contributed by atoms with Crippen LogP contribution >= 0.6 is 8.58 Å². The second kappa shape index (κ2) is 11.2. The van der Waals surface area contributed by atoms with Gasteiger partial charge in [-0.1, -0.05) is 55.3 Å². The molecule has 1 heterocycles. The molecule has 2 N–H and O–H groups in total. The predicted octanol–water partition coefficient (Wildman–Crippen LogP) is 2.96. The number of carbonyl (C=O) groups excluding carboxylic acids is 1. The summed E-state index contributed by atoms with van der Waals surface area (Å²) in [5.41, 5.74) is 5.80. The van der Waals surface area contributed by atoms with E-state index in [0.29, 0.717) is 27.6 Å². The van der Waals surface area contributed by atoms with E-state index in [1.54, 1.807) is 0 Å². The summed E-state index contributed by atoms with van der Waals surface area (Å²) in [5, 5.41) is 6.30. The summed E-state index contributed by atoms with van der Waals surface area (Å²) in [7, 11) is 0.628. The molecule has 0 bridgehead atoms. The van der Waals surface area contributed by atoms with Gasteiger partial charge in [0, 0.05) is 13.0 Å². The molecule has 2 atom stereocenters. The molecule has 22 heavy (non-hydrogen) atoms. The predicted molar refractivity (Wildman–Crippen MR) is 97.3 cm³/mol. The monoisotopic (exact) mass is 318 g/mol. The van der Waals surface area contributed by atoms with Crippen molar-refractivity contribution in [1.29, 1.82) is 0 Å². The Balaban J connectivity index is 0.00000116. The first-order valence-electron chi connectivity index (χ1n) is 8.02. The zero-order valence-electron chi connectivity index (χ0n) is 13.8. The van der Waals surface area contributed by atoms with Crippen LogP contribution in [0, 0.1) is 11.6 Å². The maximum atomic E-state index is 11.6. The molecule has 120 valence electrons. The number of nitrogens with one attached hydrogen (secondary N) is 2. The van der Waals surface area contributed by atoms with Gasteiger partial charge in [-0.2, -0.15) is 0 Å². The zero-order valence-corrected chi connectivity index (χ0v) is 14.8. The Morgan fingerprint density at radius 1 is 1.45 bits per heavy atom. The van der Waals surface area contributed by atoms with E-state index in [4.69, 9.17) is 0 Å². The Morgan fingerprint density at radius 2 is 2.27 bits per heavy atom. The van der Waals surface area contributed by atoms with Crippen molar-refractivity contribution < 1.29 is 4.79 Å². The number of allylic oxidation sites excluding steroid dienone is 2. The Morgan fingerprint density at radius 3 is 3.05 bits per heavy atom. The second-order valence-corrected chi connectivity index (χ2v) is 5.59. The summed E-state index contributed by atoms with van der Waals surface area (Å²) in [6, 6.07) is 0.383. The van der Waals surface area contributed by atoms with Gasteiger partial charge in [0.15, 0.2) is 0 Å². The minimum atomic E-state index is 0.103. The molecule has 0 aromatic rings. The molecule has 3 nitrogen and oxygen atoms in total. The Bertz CT molecular complexity index is 509. The van der Waals surface area contributed by atoms with Crippen molar-refractivity contribution in [3.05, 3.63) is 35.5 Å². The molecule has 1 aliphatic carbocycles. The molecule has 0 saturated heterocycles. The van der Waals surface area contributed by atoms with Crippen LogP contribution in [0.15, 0.2) is 35.5 Å². The van der Waals surface area contributed by atoms with Crippen LogP contribution < -0.4 is 10.6 Å². The van der Waals surface area contributed by atoms with Crippen LogP contribution in [0.5, 0.6) is 0 Å². The van der Waals surface area contributed by atoms with E-state index in [1.807, 2.05) is 20.5 Å². The van der Waals surface area contributed by atoms with Crippen LogP contribution in [0.1, 0.15) is 33.1 Å². The van der Waals surface area contributed by atoms with E-state index in [-0.39, 0.29) is 5.91 Å². The quantitative estimate of drug-likeness (QED) is 0.604. The molecule has 0 aromatic heterocycles. The average Bonchev–Trinajstić information content (AvgIpc) is 2.97. The summed E-state index contributed by atoms with van der Waals surface area (Å²) < 4.78 is 0. The zero-order chi connectivity index (χ0) is 16.2. The van der Waals surface area contributed by atoms with E-state index >= 15 is 0 Å². The van der Waals surface area contributed by atoms with Gasteiger partial charge in [0.2, 0.25) is 5.91 Å². The molecule has 1 amide bonds. The van der Waals surface area contributed by atoms with Crippen molar-refractivity contribution in [2.75, 3.05) is 19.8 Å². The van der Waals surface area contributed by atoms with Crippen LogP contribution in [0.4, 0.5) is 0 Å². The van der Waals surface area contributed by atoms with Gasteiger partial charge in [-0.05, 0) is 33.7 Å². The molecular formula is C18H27N2OP. The average molecular weight is 318 g/mol. The summed E-state index contributed by atoms with van der Waals surface area (Å²) in [6.07, 6.45) is 11.0. The number of fused-ring (bicyclic) bond motifs is 1. The minimum Gasteiger partial charge on any atom is -0.345 e. The van der Waals surface area contributed by atoms with Gasteiger partial charge >= 0.3 is 0 Å². The Labute approximate surface area is 136 Å². The van der Waals surface area contributed by atoms with Crippen molar-refractivity contribution in [2.45, 2.75) is 39.2 Å². The molecule has 4 heteroatoms. The van der Waals surface area contributed by atoms with E-state index in [9.17, 15) is 4.79 Å². The van der Waals surface area contributed by atoms with Crippen molar-refractivity contribution >= 4 is 14.5 Å². The number of hydrogen-bond donors (Lipinski definition) is 2. The lowest BCUT2D eigenvalue weighted by molar-refractivity contribution is -0.120. The third kappa shape index (κ3) is 6.18. The van der Waals surface area contributed by atoms with Crippen LogP contribution in [0.3, 0.4) is 0 Å². The van der Waals surface area contributed by atoms with E-state index in [0.717, 1.165) is 19.4 Å². The molecule has 1 aliphatic heterocycles. The lowest BCUT2D eigenvalue weighted by Crippen LogP contribution is -2.23.